The minimum absolute atomic E-state index is 0.00480. The molecule has 1 amide bonds. The van der Waals surface area contributed by atoms with E-state index in [0.29, 0.717) is 38.1 Å². The molecule has 38 heavy (non-hydrogen) atoms. The molecule has 2 aliphatic rings. The molecule has 2 aromatic carbocycles. The average molecular weight is 553 g/mol. The highest BCUT2D eigenvalue weighted by Crippen LogP contribution is 2.44. The summed E-state index contributed by atoms with van der Waals surface area (Å²) in [7, 11) is -1.10. The first-order valence-corrected chi connectivity index (χ1v) is 14.5. The quantitative estimate of drug-likeness (QED) is 0.314. The Labute approximate surface area is 230 Å². The van der Waals surface area contributed by atoms with Crippen LogP contribution in [0.15, 0.2) is 66.7 Å². The van der Waals surface area contributed by atoms with Crippen LogP contribution in [0.2, 0.25) is 10.2 Å². The first-order valence-electron chi connectivity index (χ1n) is 12.9. The fourth-order valence-electron chi connectivity index (χ4n) is 4.91. The molecule has 8 nitrogen and oxygen atoms in total. The number of benzene rings is 2. The largest absolute Gasteiger partial charge is 0.447 e. The summed E-state index contributed by atoms with van der Waals surface area (Å²) in [6.07, 6.45) is -0.491. The van der Waals surface area contributed by atoms with Crippen molar-refractivity contribution in [2.24, 2.45) is 0 Å². The smallest absolute Gasteiger partial charge is 0.416 e. The van der Waals surface area contributed by atoms with Gasteiger partial charge in [-0.3, -0.25) is 4.90 Å². The van der Waals surface area contributed by atoms with Gasteiger partial charge in [0, 0.05) is 19.2 Å². The zero-order valence-electron chi connectivity index (χ0n) is 22.0. The Hall–Kier alpha value is -2.98. The molecule has 3 heterocycles. The van der Waals surface area contributed by atoms with Crippen LogP contribution in [-0.4, -0.2) is 64.8 Å². The summed E-state index contributed by atoms with van der Waals surface area (Å²) < 4.78 is 18.3. The van der Waals surface area contributed by atoms with E-state index >= 15 is 0 Å². The highest BCUT2D eigenvalue weighted by atomic mass is 35.5. The van der Waals surface area contributed by atoms with Gasteiger partial charge in [0.15, 0.2) is 9.76 Å². The van der Waals surface area contributed by atoms with Gasteiger partial charge >= 0.3 is 6.09 Å². The van der Waals surface area contributed by atoms with Crippen LogP contribution in [0.3, 0.4) is 0 Å². The number of cyclic esters (lactones) is 1. The minimum Gasteiger partial charge on any atom is -0.447 e. The van der Waals surface area contributed by atoms with Crippen molar-refractivity contribution >= 4 is 39.2 Å². The zero-order valence-corrected chi connectivity index (χ0v) is 24.1. The molecule has 0 bridgehead atoms. The van der Waals surface area contributed by atoms with Crippen molar-refractivity contribution < 1.29 is 18.7 Å². The minimum atomic E-state index is -1.10. The summed E-state index contributed by atoms with van der Waals surface area (Å²) >= 11 is 6.50. The molecular formula is C28H33ClN4O4Si. The summed E-state index contributed by atoms with van der Waals surface area (Å²) in [6, 6.07) is 21.2. The summed E-state index contributed by atoms with van der Waals surface area (Å²) in [5, 5.41) is 0.259. The molecule has 1 atom stereocenters. The molecule has 1 aromatic heterocycles. The molecule has 0 N–H and O–H groups in total. The number of ether oxygens (including phenoxy) is 2. The van der Waals surface area contributed by atoms with E-state index in [4.69, 9.17) is 30.5 Å². The van der Waals surface area contributed by atoms with Gasteiger partial charge in [0.05, 0.1) is 13.2 Å². The van der Waals surface area contributed by atoms with Crippen LogP contribution in [0, 0.1) is 0 Å². The molecule has 3 aromatic rings. The lowest BCUT2D eigenvalue weighted by atomic mass is 9.80. The number of anilines is 2. The maximum atomic E-state index is 13.4. The molecule has 2 saturated heterocycles. The predicted molar refractivity (Wildman–Crippen MR) is 151 cm³/mol. The number of carbonyl (C=O) groups excluding carboxylic acids is 1. The Morgan fingerprint density at radius 2 is 1.58 bits per heavy atom. The van der Waals surface area contributed by atoms with E-state index < -0.39 is 27.5 Å². The zero-order chi connectivity index (χ0) is 26.8. The van der Waals surface area contributed by atoms with E-state index in [2.05, 4.69) is 50.0 Å². The van der Waals surface area contributed by atoms with E-state index in [0.717, 1.165) is 11.1 Å². The Kier molecular flexibility index (Phi) is 7.72. The molecule has 10 heteroatoms. The third-order valence-electron chi connectivity index (χ3n) is 6.69. The lowest BCUT2D eigenvalue weighted by Gasteiger charge is -2.43. The highest BCUT2D eigenvalue weighted by molar-refractivity contribution is 6.32. The van der Waals surface area contributed by atoms with Crippen molar-refractivity contribution in [2.45, 2.75) is 37.5 Å². The number of carbonyl (C=O) groups is 1. The van der Waals surface area contributed by atoms with Crippen LogP contribution in [-0.2, 0) is 19.5 Å². The van der Waals surface area contributed by atoms with E-state index in [1.165, 1.54) is 0 Å². The number of rotatable bonds is 7. The van der Waals surface area contributed by atoms with Gasteiger partial charge in [0.1, 0.15) is 29.2 Å². The Balaban J connectivity index is 1.67. The number of amides is 1. The molecular weight excluding hydrogens is 520 g/mol. The standard InChI is InChI=1S/C28H33ClN4O4Si/c1-27(2,3)38-37-28(20-10-6-4-7-11-20,21-12-8-5-9-13-21)22-19-36-26(34)33(22)24-18-23(29)30-25(31-24)32-14-16-35-17-15-32/h4-13,18,22H,14-17,19,38H2,1-3H3/t22-/m1/s1. The molecule has 0 unspecified atom stereocenters. The summed E-state index contributed by atoms with van der Waals surface area (Å²) in [5.74, 6) is 0.848. The number of hydrogen-bond acceptors (Lipinski definition) is 7. The second-order valence-corrected chi connectivity index (χ2v) is 13.8. The monoisotopic (exact) mass is 552 g/mol. The van der Waals surface area contributed by atoms with Crippen molar-refractivity contribution in [1.82, 2.24) is 9.97 Å². The molecule has 200 valence electrons. The topological polar surface area (TPSA) is 77.0 Å². The number of aromatic nitrogens is 2. The molecule has 0 saturated carbocycles. The molecule has 0 radical (unpaired) electrons. The lowest BCUT2D eigenvalue weighted by molar-refractivity contribution is 0.0717. The fourth-order valence-corrected chi connectivity index (χ4v) is 6.27. The molecule has 5 rings (SSSR count). The van der Waals surface area contributed by atoms with Gasteiger partial charge in [-0.25, -0.2) is 9.78 Å². The van der Waals surface area contributed by atoms with E-state index in [9.17, 15) is 4.79 Å². The average Bonchev–Trinajstić information content (AvgIpc) is 3.31. The van der Waals surface area contributed by atoms with Gasteiger partial charge in [0.2, 0.25) is 5.95 Å². The van der Waals surface area contributed by atoms with Crippen LogP contribution in [0.4, 0.5) is 16.6 Å². The SMILES string of the molecule is CC(C)(C)[SiH2]OC(c1ccccc1)(c1ccccc1)[C@H]1COC(=O)N1c1cc(Cl)nc(N2CCOCC2)n1. The summed E-state index contributed by atoms with van der Waals surface area (Å²) in [5.41, 5.74) is 0.916. The second kappa shape index (κ2) is 11.0. The van der Waals surface area contributed by atoms with Crippen molar-refractivity contribution in [3.05, 3.63) is 83.0 Å². The van der Waals surface area contributed by atoms with Gasteiger partial charge in [-0.05, 0) is 16.2 Å². The normalized spacial score (nSPS) is 18.8. The van der Waals surface area contributed by atoms with E-state index in [1.807, 2.05) is 41.3 Å². The number of halogens is 1. The van der Waals surface area contributed by atoms with Crippen molar-refractivity contribution in [1.29, 1.82) is 0 Å². The number of nitrogens with zero attached hydrogens (tertiary/aromatic N) is 4. The maximum Gasteiger partial charge on any atom is 0.416 e. The summed E-state index contributed by atoms with van der Waals surface area (Å²) in [6.45, 7) is 9.14. The molecule has 0 aliphatic carbocycles. The molecule has 2 aliphatic heterocycles. The van der Waals surface area contributed by atoms with Gasteiger partial charge in [-0.1, -0.05) is 93.0 Å². The van der Waals surface area contributed by atoms with Gasteiger partial charge in [-0.2, -0.15) is 4.98 Å². The van der Waals surface area contributed by atoms with Gasteiger partial charge in [0.25, 0.3) is 0 Å². The Bertz CT molecular complexity index is 1210. The maximum absolute atomic E-state index is 13.4. The van der Waals surface area contributed by atoms with E-state index in [1.54, 1.807) is 11.0 Å². The first kappa shape index (κ1) is 26.6. The Morgan fingerprint density at radius 3 is 2.16 bits per heavy atom. The lowest BCUT2D eigenvalue weighted by Crippen LogP contribution is -2.54. The van der Waals surface area contributed by atoms with Gasteiger partial charge < -0.3 is 18.8 Å². The van der Waals surface area contributed by atoms with Crippen LogP contribution >= 0.6 is 11.6 Å². The van der Waals surface area contributed by atoms with Crippen molar-refractivity contribution in [2.75, 3.05) is 42.7 Å². The second-order valence-electron chi connectivity index (χ2n) is 10.7. The first-order chi connectivity index (χ1) is 18.3. The summed E-state index contributed by atoms with van der Waals surface area (Å²) in [4.78, 5) is 26.3. The highest BCUT2D eigenvalue weighted by Gasteiger charge is 2.53. The predicted octanol–water partition coefficient (Wildman–Crippen LogP) is 4.55. The third kappa shape index (κ3) is 5.42. The van der Waals surface area contributed by atoms with Gasteiger partial charge in [-0.15, -0.1) is 0 Å². The Morgan fingerprint density at radius 1 is 0.974 bits per heavy atom. The van der Waals surface area contributed by atoms with Crippen molar-refractivity contribution in [3.8, 4) is 0 Å². The van der Waals surface area contributed by atoms with Crippen LogP contribution in [0.1, 0.15) is 31.9 Å². The number of morpholine rings is 1. The van der Waals surface area contributed by atoms with Crippen LogP contribution in [0.25, 0.3) is 0 Å². The molecule has 2 fully saturated rings. The van der Waals surface area contributed by atoms with Crippen LogP contribution in [0.5, 0.6) is 0 Å². The fraction of sp³-hybridized carbons (Fsp3) is 0.393. The third-order valence-corrected chi connectivity index (χ3v) is 8.35. The van der Waals surface area contributed by atoms with Crippen LogP contribution < -0.4 is 9.80 Å². The molecule has 0 spiro atoms. The van der Waals surface area contributed by atoms with Crippen molar-refractivity contribution in [3.63, 3.8) is 0 Å². The number of hydrogen-bond donors (Lipinski definition) is 0. The van der Waals surface area contributed by atoms with E-state index in [-0.39, 0.29) is 16.8 Å².